The molecular formula is C18H15F3N4O3S. The van der Waals surface area contributed by atoms with Crippen LogP contribution in [-0.2, 0) is 13.2 Å². The molecule has 0 fully saturated rings. The van der Waals surface area contributed by atoms with Crippen LogP contribution in [0.5, 0.6) is 0 Å². The van der Waals surface area contributed by atoms with Crippen LogP contribution in [0.3, 0.4) is 0 Å². The predicted octanol–water partition coefficient (Wildman–Crippen LogP) is 3.90. The van der Waals surface area contributed by atoms with Crippen LogP contribution in [0.25, 0.3) is 11.4 Å². The maximum absolute atomic E-state index is 13.1. The number of pyridine rings is 1. The van der Waals surface area contributed by atoms with Gasteiger partial charge in [0.05, 0.1) is 29.5 Å². The van der Waals surface area contributed by atoms with E-state index in [4.69, 9.17) is 0 Å². The molecule has 3 rings (SSSR count). The van der Waals surface area contributed by atoms with Gasteiger partial charge in [0.2, 0.25) is 0 Å². The molecule has 0 unspecified atom stereocenters. The van der Waals surface area contributed by atoms with Gasteiger partial charge in [0.15, 0.2) is 0 Å². The Balaban J connectivity index is 1.95. The third-order valence-corrected chi connectivity index (χ3v) is 4.80. The first-order valence-corrected chi connectivity index (χ1v) is 9.24. The average Bonchev–Trinajstić information content (AvgIpc) is 3.02. The summed E-state index contributed by atoms with van der Waals surface area (Å²) < 4.78 is 40.6. The number of hydrogen-bond donors (Lipinski definition) is 0. The lowest BCUT2D eigenvalue weighted by molar-refractivity contribution is -0.385. The highest BCUT2D eigenvalue weighted by atomic mass is 32.1. The van der Waals surface area contributed by atoms with Gasteiger partial charge >= 0.3 is 11.0 Å². The quantitative estimate of drug-likeness (QED) is 0.424. The second-order valence-electron chi connectivity index (χ2n) is 6.16. The molecule has 2 heterocycles. The number of halogens is 3. The van der Waals surface area contributed by atoms with Crippen molar-refractivity contribution in [2.45, 2.75) is 19.4 Å². The van der Waals surface area contributed by atoms with E-state index in [1.807, 2.05) is 0 Å². The van der Waals surface area contributed by atoms with E-state index in [1.165, 1.54) is 40.4 Å². The molecule has 0 aliphatic rings. The van der Waals surface area contributed by atoms with Crippen molar-refractivity contribution in [2.75, 3.05) is 6.54 Å². The zero-order chi connectivity index (χ0) is 21.0. The zero-order valence-corrected chi connectivity index (χ0v) is 15.7. The first kappa shape index (κ1) is 20.7. The second kappa shape index (κ2) is 8.53. The lowest BCUT2D eigenvalue weighted by atomic mass is 10.1. The van der Waals surface area contributed by atoms with Gasteiger partial charge in [0.1, 0.15) is 0 Å². The standard InChI is InChI=1S/C18H15F3N4O3S/c19-18(20,21)11-23(9-13-5-1-2-7-15(13)25(27)28)12-24-16(10-29-17(24)26)14-6-3-4-8-22-14/h1-8,10H,9,11-12H2. The van der Waals surface area contributed by atoms with E-state index in [-0.39, 0.29) is 24.5 Å². The van der Waals surface area contributed by atoms with Crippen LogP contribution in [0.2, 0.25) is 0 Å². The molecule has 0 bridgehead atoms. The Morgan fingerprint density at radius 1 is 1.17 bits per heavy atom. The molecule has 29 heavy (non-hydrogen) atoms. The normalized spacial score (nSPS) is 11.7. The number of nitro groups is 1. The van der Waals surface area contributed by atoms with E-state index in [1.54, 1.807) is 18.2 Å². The lowest BCUT2D eigenvalue weighted by Gasteiger charge is -2.24. The van der Waals surface area contributed by atoms with Crippen molar-refractivity contribution in [1.29, 1.82) is 0 Å². The average molecular weight is 424 g/mol. The van der Waals surface area contributed by atoms with E-state index in [9.17, 15) is 28.1 Å². The molecule has 152 valence electrons. The fraction of sp³-hybridized carbons (Fsp3) is 0.222. The van der Waals surface area contributed by atoms with Gasteiger partial charge < -0.3 is 0 Å². The summed E-state index contributed by atoms with van der Waals surface area (Å²) in [5, 5.41) is 12.7. The Kier molecular flexibility index (Phi) is 6.09. The van der Waals surface area contributed by atoms with Crippen molar-refractivity contribution >= 4 is 17.0 Å². The molecule has 2 aromatic heterocycles. The summed E-state index contributed by atoms with van der Waals surface area (Å²) in [5.41, 5.74) is 0.686. The molecule has 0 N–H and O–H groups in total. The number of aromatic nitrogens is 2. The van der Waals surface area contributed by atoms with Gasteiger partial charge in [0, 0.05) is 29.8 Å². The molecule has 0 saturated carbocycles. The summed E-state index contributed by atoms with van der Waals surface area (Å²) in [4.78, 5) is 27.5. The van der Waals surface area contributed by atoms with Crippen LogP contribution < -0.4 is 4.87 Å². The van der Waals surface area contributed by atoms with Crippen LogP contribution in [0.15, 0.2) is 58.8 Å². The first-order chi connectivity index (χ1) is 13.7. The fourth-order valence-electron chi connectivity index (χ4n) is 2.85. The SMILES string of the molecule is O=c1scc(-c2ccccn2)n1CN(Cc1ccccc1[N+](=O)[O-])CC(F)(F)F. The van der Waals surface area contributed by atoms with Crippen molar-refractivity contribution in [3.8, 4) is 11.4 Å². The molecule has 1 aromatic carbocycles. The molecule has 0 saturated heterocycles. The van der Waals surface area contributed by atoms with Gasteiger partial charge in [0.25, 0.3) is 5.69 Å². The third-order valence-electron chi connectivity index (χ3n) is 4.04. The smallest absolute Gasteiger partial charge is 0.284 e. The summed E-state index contributed by atoms with van der Waals surface area (Å²) in [6.45, 7) is -2.07. The summed E-state index contributed by atoms with van der Waals surface area (Å²) in [6, 6.07) is 10.6. The Bertz CT molecular complexity index is 1050. The van der Waals surface area contributed by atoms with Gasteiger partial charge in [-0.05, 0) is 12.1 Å². The summed E-state index contributed by atoms with van der Waals surface area (Å²) in [6.07, 6.45) is -3.03. The zero-order valence-electron chi connectivity index (χ0n) is 14.9. The van der Waals surface area contributed by atoms with Crippen LogP contribution >= 0.6 is 11.3 Å². The van der Waals surface area contributed by atoms with E-state index < -0.39 is 22.5 Å². The number of benzene rings is 1. The summed E-state index contributed by atoms with van der Waals surface area (Å²) in [7, 11) is 0. The largest absolute Gasteiger partial charge is 0.401 e. The monoisotopic (exact) mass is 424 g/mol. The van der Waals surface area contributed by atoms with E-state index >= 15 is 0 Å². The molecule has 3 aromatic rings. The molecule has 0 aliphatic carbocycles. The first-order valence-electron chi connectivity index (χ1n) is 8.36. The molecule has 0 spiro atoms. The molecule has 7 nitrogen and oxygen atoms in total. The van der Waals surface area contributed by atoms with Crippen molar-refractivity contribution in [3.63, 3.8) is 0 Å². The van der Waals surface area contributed by atoms with E-state index in [0.29, 0.717) is 11.4 Å². The molecular weight excluding hydrogens is 409 g/mol. The number of alkyl halides is 3. The van der Waals surface area contributed by atoms with Crippen LogP contribution in [0, 0.1) is 10.1 Å². The second-order valence-corrected chi connectivity index (χ2v) is 6.98. The molecule has 0 amide bonds. The Morgan fingerprint density at radius 3 is 2.55 bits per heavy atom. The predicted molar refractivity (Wildman–Crippen MR) is 101 cm³/mol. The topological polar surface area (TPSA) is 81.3 Å². The highest BCUT2D eigenvalue weighted by molar-refractivity contribution is 7.07. The lowest BCUT2D eigenvalue weighted by Crippen LogP contribution is -2.37. The molecule has 0 atom stereocenters. The van der Waals surface area contributed by atoms with Crippen molar-refractivity contribution < 1.29 is 18.1 Å². The summed E-state index contributed by atoms with van der Waals surface area (Å²) >= 11 is 0.851. The number of nitrogens with zero attached hydrogens (tertiary/aromatic N) is 4. The Hall–Kier alpha value is -3.05. The molecule has 11 heteroatoms. The van der Waals surface area contributed by atoms with Crippen molar-refractivity contribution in [2.24, 2.45) is 0 Å². The Labute approximate surface area is 166 Å². The van der Waals surface area contributed by atoms with Gasteiger partial charge in [-0.3, -0.25) is 29.4 Å². The van der Waals surface area contributed by atoms with Gasteiger partial charge in [-0.25, -0.2) is 0 Å². The molecule has 0 aliphatic heterocycles. The number of nitro benzene ring substituents is 1. The summed E-state index contributed by atoms with van der Waals surface area (Å²) in [5.74, 6) is 0. The minimum Gasteiger partial charge on any atom is -0.284 e. The maximum Gasteiger partial charge on any atom is 0.401 e. The highest BCUT2D eigenvalue weighted by Crippen LogP contribution is 2.24. The van der Waals surface area contributed by atoms with Crippen LogP contribution in [0.1, 0.15) is 5.56 Å². The van der Waals surface area contributed by atoms with Crippen molar-refractivity contribution in [1.82, 2.24) is 14.5 Å². The third kappa shape index (κ3) is 5.27. The fourth-order valence-corrected chi connectivity index (χ4v) is 3.60. The number of rotatable bonds is 7. The van der Waals surface area contributed by atoms with Crippen LogP contribution in [0.4, 0.5) is 18.9 Å². The van der Waals surface area contributed by atoms with Crippen LogP contribution in [-0.4, -0.2) is 32.1 Å². The van der Waals surface area contributed by atoms with E-state index in [2.05, 4.69) is 4.98 Å². The Morgan fingerprint density at radius 2 is 1.90 bits per heavy atom. The highest BCUT2D eigenvalue weighted by Gasteiger charge is 2.32. The number of hydrogen-bond acceptors (Lipinski definition) is 6. The molecule has 0 radical (unpaired) electrons. The maximum atomic E-state index is 13.1. The van der Waals surface area contributed by atoms with E-state index in [0.717, 1.165) is 16.2 Å². The minimum atomic E-state index is -4.55. The van der Waals surface area contributed by atoms with Gasteiger partial charge in [-0.15, -0.1) is 0 Å². The minimum absolute atomic E-state index is 0.129. The number of thiazole rings is 1. The van der Waals surface area contributed by atoms with Gasteiger partial charge in [-0.2, -0.15) is 13.2 Å². The van der Waals surface area contributed by atoms with Crippen molar-refractivity contribution in [3.05, 3.63) is 79.4 Å². The van der Waals surface area contributed by atoms with Gasteiger partial charge in [-0.1, -0.05) is 35.6 Å². The number of para-hydroxylation sites is 1.